The summed E-state index contributed by atoms with van der Waals surface area (Å²) in [6.07, 6.45) is 2.78. The van der Waals surface area contributed by atoms with Gasteiger partial charge in [0.15, 0.2) is 0 Å². The second-order valence-electron chi connectivity index (χ2n) is 7.69. The first-order valence-corrected chi connectivity index (χ1v) is 10.0. The lowest BCUT2D eigenvalue weighted by Gasteiger charge is -2.19. The summed E-state index contributed by atoms with van der Waals surface area (Å²) >= 11 is 0. The lowest BCUT2D eigenvalue weighted by molar-refractivity contribution is -0.00461. The minimum absolute atomic E-state index is 0.0747. The van der Waals surface area contributed by atoms with Crippen molar-refractivity contribution in [2.75, 3.05) is 26.3 Å². The minimum Gasteiger partial charge on any atom is -0.484 e. The van der Waals surface area contributed by atoms with Gasteiger partial charge >= 0.3 is 0 Å². The number of fused-ring (bicyclic) bond motifs is 2. The molecule has 2 aliphatic rings. The van der Waals surface area contributed by atoms with Gasteiger partial charge in [0.1, 0.15) is 29.6 Å². The van der Waals surface area contributed by atoms with Crippen molar-refractivity contribution in [3.8, 4) is 5.75 Å². The van der Waals surface area contributed by atoms with Crippen LogP contribution in [0.5, 0.6) is 5.75 Å². The monoisotopic (exact) mass is 409 g/mol. The number of carbonyl (C=O) groups is 1. The van der Waals surface area contributed by atoms with Gasteiger partial charge in [-0.25, -0.2) is 0 Å². The predicted octanol–water partition coefficient (Wildman–Crippen LogP) is 1.43. The standard InChI is InChI=1S/C21H23N5O4/c1-13-5-6-15(8-22-13)30-16-11-28-18-9-25(10-19(18)29-12-16)21(27)20-14(2)24-26-17(20)4-3-7-23-26/h3-8,16,18-19H,9-12H2,1-2H3/t18-,19-/m0/s1. The summed E-state index contributed by atoms with van der Waals surface area (Å²) < 4.78 is 19.5. The van der Waals surface area contributed by atoms with Gasteiger partial charge in [-0.2, -0.15) is 14.8 Å². The third-order valence-electron chi connectivity index (χ3n) is 5.49. The number of nitrogens with zero attached hydrogens (tertiary/aromatic N) is 5. The molecule has 0 bridgehead atoms. The number of aryl methyl sites for hydroxylation is 2. The normalized spacial score (nSPS) is 22.1. The predicted molar refractivity (Wildman–Crippen MR) is 106 cm³/mol. The zero-order valence-corrected chi connectivity index (χ0v) is 16.9. The zero-order chi connectivity index (χ0) is 20.7. The maximum absolute atomic E-state index is 13.2. The average molecular weight is 409 g/mol. The van der Waals surface area contributed by atoms with E-state index in [1.165, 1.54) is 4.63 Å². The Morgan fingerprint density at radius 3 is 2.60 bits per heavy atom. The average Bonchev–Trinajstić information content (AvgIpc) is 3.25. The smallest absolute Gasteiger partial charge is 0.258 e. The van der Waals surface area contributed by atoms with Crippen LogP contribution in [0, 0.1) is 13.8 Å². The molecular weight excluding hydrogens is 386 g/mol. The Morgan fingerprint density at radius 2 is 1.90 bits per heavy atom. The van der Waals surface area contributed by atoms with E-state index in [4.69, 9.17) is 14.2 Å². The maximum atomic E-state index is 13.2. The minimum atomic E-state index is -0.211. The molecule has 9 heteroatoms. The molecule has 5 rings (SSSR count). The number of rotatable bonds is 3. The van der Waals surface area contributed by atoms with E-state index in [0.29, 0.717) is 48.8 Å². The first-order chi connectivity index (χ1) is 14.6. The Kier molecular flexibility index (Phi) is 4.84. The molecule has 2 fully saturated rings. The van der Waals surface area contributed by atoms with Crippen LogP contribution in [-0.2, 0) is 9.47 Å². The van der Waals surface area contributed by atoms with Crippen LogP contribution in [0.2, 0.25) is 0 Å². The van der Waals surface area contributed by atoms with Crippen LogP contribution in [0.1, 0.15) is 21.7 Å². The van der Waals surface area contributed by atoms with Crippen molar-refractivity contribution in [1.82, 2.24) is 24.7 Å². The lowest BCUT2D eigenvalue weighted by Crippen LogP contribution is -2.33. The molecule has 0 aromatic carbocycles. The molecule has 3 aromatic heterocycles. The molecule has 1 amide bonds. The number of pyridine rings is 1. The van der Waals surface area contributed by atoms with Gasteiger partial charge in [-0.3, -0.25) is 9.78 Å². The highest BCUT2D eigenvalue weighted by atomic mass is 16.6. The fraction of sp³-hybridized carbons (Fsp3) is 0.429. The third-order valence-corrected chi connectivity index (χ3v) is 5.49. The van der Waals surface area contributed by atoms with Crippen LogP contribution < -0.4 is 4.74 Å². The van der Waals surface area contributed by atoms with Crippen molar-refractivity contribution in [2.45, 2.75) is 32.2 Å². The van der Waals surface area contributed by atoms with E-state index < -0.39 is 0 Å². The van der Waals surface area contributed by atoms with Gasteiger partial charge in [-0.1, -0.05) is 0 Å². The molecule has 0 N–H and O–H groups in total. The summed E-state index contributed by atoms with van der Waals surface area (Å²) in [6, 6.07) is 7.45. The van der Waals surface area contributed by atoms with Gasteiger partial charge in [0, 0.05) is 25.0 Å². The van der Waals surface area contributed by atoms with Crippen LogP contribution in [-0.4, -0.2) is 75.2 Å². The quantitative estimate of drug-likeness (QED) is 0.646. The first kappa shape index (κ1) is 19.0. The van der Waals surface area contributed by atoms with Gasteiger partial charge in [-0.15, -0.1) is 0 Å². The molecule has 9 nitrogen and oxygen atoms in total. The fourth-order valence-electron chi connectivity index (χ4n) is 3.95. The Morgan fingerprint density at radius 1 is 1.13 bits per heavy atom. The molecule has 0 aliphatic carbocycles. The molecule has 3 aromatic rings. The number of hydrogen-bond donors (Lipinski definition) is 0. The van der Waals surface area contributed by atoms with Gasteiger partial charge in [-0.05, 0) is 38.1 Å². The highest BCUT2D eigenvalue weighted by molar-refractivity contribution is 6.02. The van der Waals surface area contributed by atoms with Crippen molar-refractivity contribution >= 4 is 11.4 Å². The molecule has 2 atom stereocenters. The molecule has 5 heterocycles. The summed E-state index contributed by atoms with van der Waals surface area (Å²) in [7, 11) is 0. The van der Waals surface area contributed by atoms with Gasteiger partial charge in [0.2, 0.25) is 0 Å². The largest absolute Gasteiger partial charge is 0.484 e. The Bertz CT molecular complexity index is 1050. The fourth-order valence-corrected chi connectivity index (χ4v) is 3.95. The van der Waals surface area contributed by atoms with Crippen LogP contribution in [0.4, 0.5) is 0 Å². The van der Waals surface area contributed by atoms with Crippen LogP contribution in [0.25, 0.3) is 5.52 Å². The maximum Gasteiger partial charge on any atom is 0.258 e. The number of ether oxygens (including phenoxy) is 3. The molecule has 30 heavy (non-hydrogen) atoms. The van der Waals surface area contributed by atoms with Crippen LogP contribution >= 0.6 is 0 Å². The summed E-state index contributed by atoms with van der Waals surface area (Å²) in [4.78, 5) is 19.2. The van der Waals surface area contributed by atoms with Crippen LogP contribution in [0.3, 0.4) is 0 Å². The summed E-state index contributed by atoms with van der Waals surface area (Å²) in [6.45, 7) is 5.50. The summed E-state index contributed by atoms with van der Waals surface area (Å²) in [5, 5.41) is 8.51. The number of likely N-dealkylation sites (tertiary alicyclic amines) is 1. The molecule has 0 saturated carbocycles. The molecule has 2 saturated heterocycles. The SMILES string of the molecule is Cc1ccc(OC2CO[C@H]3CN(C(=O)c4c(C)nn5ncccc45)C[C@@H]3OC2)cn1. The van der Waals surface area contributed by atoms with Gasteiger partial charge in [0.25, 0.3) is 5.91 Å². The molecule has 0 radical (unpaired) electrons. The number of amides is 1. The second kappa shape index (κ2) is 7.66. The molecule has 0 spiro atoms. The van der Waals surface area contributed by atoms with E-state index in [9.17, 15) is 4.79 Å². The summed E-state index contributed by atoms with van der Waals surface area (Å²) in [5.74, 6) is 0.619. The molecule has 2 aliphatic heterocycles. The van der Waals surface area contributed by atoms with E-state index in [-0.39, 0.29) is 24.2 Å². The van der Waals surface area contributed by atoms with Crippen molar-refractivity contribution in [2.24, 2.45) is 0 Å². The molecular formula is C21H23N5O4. The topological polar surface area (TPSA) is 91.1 Å². The Hall–Kier alpha value is -3.04. The highest BCUT2D eigenvalue weighted by Gasteiger charge is 2.40. The molecule has 0 unspecified atom stereocenters. The van der Waals surface area contributed by atoms with Crippen LogP contribution in [0.15, 0.2) is 36.7 Å². The number of hydrogen-bond acceptors (Lipinski definition) is 7. The first-order valence-electron chi connectivity index (χ1n) is 10.0. The van der Waals surface area contributed by atoms with E-state index in [1.54, 1.807) is 23.4 Å². The molecule has 156 valence electrons. The Labute approximate surface area is 173 Å². The van der Waals surface area contributed by atoms with Crippen molar-refractivity contribution in [3.05, 3.63) is 53.6 Å². The Balaban J connectivity index is 1.25. The highest BCUT2D eigenvalue weighted by Crippen LogP contribution is 2.25. The third kappa shape index (κ3) is 3.50. The number of aromatic nitrogens is 4. The van der Waals surface area contributed by atoms with Gasteiger partial charge < -0.3 is 19.1 Å². The van der Waals surface area contributed by atoms with Crippen molar-refractivity contribution in [1.29, 1.82) is 0 Å². The van der Waals surface area contributed by atoms with E-state index in [0.717, 1.165) is 5.69 Å². The van der Waals surface area contributed by atoms with Gasteiger partial charge in [0.05, 0.1) is 30.7 Å². The lowest BCUT2D eigenvalue weighted by atomic mass is 10.2. The zero-order valence-electron chi connectivity index (χ0n) is 16.9. The van der Waals surface area contributed by atoms with E-state index in [2.05, 4.69) is 15.2 Å². The number of carbonyl (C=O) groups excluding carboxylic acids is 1. The van der Waals surface area contributed by atoms with Crippen molar-refractivity contribution < 1.29 is 19.0 Å². The van der Waals surface area contributed by atoms with E-state index in [1.807, 2.05) is 32.0 Å². The van der Waals surface area contributed by atoms with E-state index >= 15 is 0 Å². The van der Waals surface area contributed by atoms with Crippen molar-refractivity contribution in [3.63, 3.8) is 0 Å². The summed E-state index contributed by atoms with van der Waals surface area (Å²) in [5.41, 5.74) is 2.88. The second-order valence-corrected chi connectivity index (χ2v) is 7.69.